The molecule has 0 aliphatic heterocycles. The average molecular weight is 419 g/mol. The third-order valence-electron chi connectivity index (χ3n) is 3.80. The predicted molar refractivity (Wildman–Crippen MR) is 96.5 cm³/mol. The highest BCUT2D eigenvalue weighted by molar-refractivity contribution is 7.99. The Hall–Kier alpha value is -2.63. The van der Waals surface area contributed by atoms with Gasteiger partial charge in [-0.15, -0.1) is 10.2 Å². The monoisotopic (exact) mass is 419 g/mol. The van der Waals surface area contributed by atoms with Gasteiger partial charge in [0.1, 0.15) is 0 Å². The van der Waals surface area contributed by atoms with E-state index in [0.717, 1.165) is 17.3 Å². The van der Waals surface area contributed by atoms with Gasteiger partial charge in [-0.1, -0.05) is 17.8 Å². The minimum Gasteiger partial charge on any atom is -0.493 e. The molecule has 2 rings (SSSR count). The van der Waals surface area contributed by atoms with E-state index in [1.54, 1.807) is 30.0 Å². The van der Waals surface area contributed by atoms with Crippen LogP contribution < -0.4 is 15.3 Å². The number of thioether (sulfide) groups is 1. The number of benzene rings is 1. The number of nitrogens with two attached hydrogens (primary N) is 1. The Morgan fingerprint density at radius 3 is 2.46 bits per heavy atom. The summed E-state index contributed by atoms with van der Waals surface area (Å²) in [6.07, 6.45) is -4.71. The van der Waals surface area contributed by atoms with Gasteiger partial charge in [-0.05, 0) is 24.6 Å². The number of halogens is 3. The molecule has 0 saturated heterocycles. The van der Waals surface area contributed by atoms with Gasteiger partial charge in [-0.2, -0.15) is 13.2 Å². The van der Waals surface area contributed by atoms with Crippen molar-refractivity contribution in [3.8, 4) is 11.5 Å². The van der Waals surface area contributed by atoms with E-state index in [1.165, 1.54) is 14.2 Å². The molecule has 12 heteroatoms. The van der Waals surface area contributed by atoms with Crippen LogP contribution in [0.3, 0.4) is 0 Å². The minimum atomic E-state index is -4.71. The Balaban J connectivity index is 2.03. The normalized spacial score (nSPS) is 11.4. The number of amides is 1. The zero-order chi connectivity index (χ0) is 20.9. The summed E-state index contributed by atoms with van der Waals surface area (Å²) >= 11 is 0.789. The molecule has 2 aromatic rings. The van der Waals surface area contributed by atoms with Crippen molar-refractivity contribution in [1.29, 1.82) is 0 Å². The van der Waals surface area contributed by atoms with E-state index >= 15 is 0 Å². The van der Waals surface area contributed by atoms with Crippen molar-refractivity contribution in [1.82, 2.24) is 19.8 Å². The lowest BCUT2D eigenvalue weighted by atomic mass is 10.2. The lowest BCUT2D eigenvalue weighted by molar-refractivity contribution is -0.146. The third kappa shape index (κ3) is 5.00. The highest BCUT2D eigenvalue weighted by atomic mass is 32.2. The van der Waals surface area contributed by atoms with Crippen molar-refractivity contribution >= 4 is 17.7 Å². The first-order valence-electron chi connectivity index (χ1n) is 8.10. The summed E-state index contributed by atoms with van der Waals surface area (Å²) in [7, 11) is 3.04. The van der Waals surface area contributed by atoms with Crippen molar-refractivity contribution in [3.05, 3.63) is 29.6 Å². The lowest BCUT2D eigenvalue weighted by Gasteiger charge is -2.21. The molecule has 1 aromatic heterocycles. The van der Waals surface area contributed by atoms with Gasteiger partial charge in [0.05, 0.1) is 20.0 Å². The van der Waals surface area contributed by atoms with Crippen LogP contribution in [0, 0.1) is 0 Å². The van der Waals surface area contributed by atoms with Crippen LogP contribution in [0.2, 0.25) is 0 Å². The molecule has 0 unspecified atom stereocenters. The number of nitrogen functional groups attached to an aromatic ring is 1. The van der Waals surface area contributed by atoms with Gasteiger partial charge < -0.3 is 20.2 Å². The van der Waals surface area contributed by atoms with Crippen LogP contribution in [-0.2, 0) is 17.5 Å². The van der Waals surface area contributed by atoms with Crippen LogP contribution in [0.25, 0.3) is 0 Å². The van der Waals surface area contributed by atoms with Crippen LogP contribution in [0.4, 0.5) is 13.2 Å². The fourth-order valence-electron chi connectivity index (χ4n) is 2.36. The Morgan fingerprint density at radius 2 is 1.93 bits per heavy atom. The Labute approximate surface area is 163 Å². The van der Waals surface area contributed by atoms with E-state index in [2.05, 4.69) is 10.2 Å². The zero-order valence-electron chi connectivity index (χ0n) is 15.5. The molecule has 0 aliphatic rings. The second kappa shape index (κ2) is 9.04. The molecule has 1 aromatic carbocycles. The molecule has 2 N–H and O–H groups in total. The molecule has 0 aliphatic carbocycles. The molecule has 0 fully saturated rings. The van der Waals surface area contributed by atoms with Gasteiger partial charge in [0.25, 0.3) is 5.82 Å². The van der Waals surface area contributed by atoms with E-state index in [9.17, 15) is 18.0 Å². The van der Waals surface area contributed by atoms with Crippen LogP contribution >= 0.6 is 11.8 Å². The Kier molecular flexibility index (Phi) is 7.00. The van der Waals surface area contributed by atoms with Crippen molar-refractivity contribution in [2.24, 2.45) is 0 Å². The summed E-state index contributed by atoms with van der Waals surface area (Å²) in [4.78, 5) is 14.0. The fourth-order valence-corrected chi connectivity index (χ4v) is 3.12. The largest absolute Gasteiger partial charge is 0.493 e. The van der Waals surface area contributed by atoms with Gasteiger partial charge in [-0.25, -0.2) is 4.68 Å². The number of rotatable bonds is 8. The Bertz CT molecular complexity index is 828. The lowest BCUT2D eigenvalue weighted by Crippen LogP contribution is -2.32. The third-order valence-corrected chi connectivity index (χ3v) is 4.73. The molecule has 0 radical (unpaired) electrons. The predicted octanol–water partition coefficient (Wildman–Crippen LogP) is 2.17. The van der Waals surface area contributed by atoms with Gasteiger partial charge >= 0.3 is 6.18 Å². The van der Waals surface area contributed by atoms with E-state index in [1.807, 2.05) is 0 Å². The molecule has 0 spiro atoms. The summed E-state index contributed by atoms with van der Waals surface area (Å²) in [6.45, 7) is 2.52. The number of nitrogens with zero attached hydrogens (tertiary/aromatic N) is 4. The SMILES string of the molecule is CCN(Cc1ccc(OC)c(OC)c1)C(=O)CSc1nnc(C(F)(F)F)n1N. The van der Waals surface area contributed by atoms with E-state index in [4.69, 9.17) is 15.3 Å². The van der Waals surface area contributed by atoms with Gasteiger partial charge in [0, 0.05) is 13.1 Å². The van der Waals surface area contributed by atoms with Crippen molar-refractivity contribution in [2.45, 2.75) is 24.8 Å². The maximum Gasteiger partial charge on any atom is 0.453 e. The number of ether oxygens (including phenoxy) is 2. The van der Waals surface area contributed by atoms with Crippen LogP contribution in [0.15, 0.2) is 23.4 Å². The first-order valence-corrected chi connectivity index (χ1v) is 9.09. The molecule has 28 heavy (non-hydrogen) atoms. The maximum atomic E-state index is 12.7. The molecule has 8 nitrogen and oxygen atoms in total. The number of carbonyl (C=O) groups excluding carboxylic acids is 1. The quantitative estimate of drug-likeness (QED) is 0.518. The van der Waals surface area contributed by atoms with E-state index in [-0.39, 0.29) is 16.8 Å². The maximum absolute atomic E-state index is 12.7. The van der Waals surface area contributed by atoms with E-state index in [0.29, 0.717) is 29.3 Å². The minimum absolute atomic E-state index is 0.131. The molecule has 1 amide bonds. The Morgan fingerprint density at radius 1 is 1.25 bits per heavy atom. The number of aromatic nitrogens is 3. The molecular weight excluding hydrogens is 399 g/mol. The second-order valence-electron chi connectivity index (χ2n) is 5.56. The molecule has 0 atom stereocenters. The van der Waals surface area contributed by atoms with Gasteiger partial charge in [0.2, 0.25) is 11.1 Å². The number of methoxy groups -OCH3 is 2. The molecule has 0 bridgehead atoms. The number of hydrogen-bond acceptors (Lipinski definition) is 7. The van der Waals surface area contributed by atoms with Crippen LogP contribution in [-0.4, -0.2) is 52.2 Å². The number of alkyl halides is 3. The number of hydrogen-bond donors (Lipinski definition) is 1. The topological polar surface area (TPSA) is 95.5 Å². The summed E-state index contributed by atoms with van der Waals surface area (Å²) in [6, 6.07) is 5.29. The summed E-state index contributed by atoms with van der Waals surface area (Å²) in [5, 5.41) is 6.23. The molecule has 0 saturated carbocycles. The van der Waals surface area contributed by atoms with Crippen LogP contribution in [0.1, 0.15) is 18.3 Å². The zero-order valence-corrected chi connectivity index (χ0v) is 16.3. The van der Waals surface area contributed by atoms with Crippen molar-refractivity contribution in [2.75, 3.05) is 32.4 Å². The van der Waals surface area contributed by atoms with E-state index < -0.39 is 12.0 Å². The summed E-state index contributed by atoms with van der Waals surface area (Å²) in [5.74, 6) is 4.74. The first-order chi connectivity index (χ1) is 13.2. The summed E-state index contributed by atoms with van der Waals surface area (Å²) < 4.78 is 48.8. The number of carbonyl (C=O) groups is 1. The first kappa shape index (κ1) is 21.7. The van der Waals surface area contributed by atoms with Crippen molar-refractivity contribution in [3.63, 3.8) is 0 Å². The highest BCUT2D eigenvalue weighted by Gasteiger charge is 2.38. The summed E-state index contributed by atoms with van der Waals surface area (Å²) in [5.41, 5.74) is 0.819. The average Bonchev–Trinajstić information content (AvgIpc) is 3.04. The highest BCUT2D eigenvalue weighted by Crippen LogP contribution is 2.30. The standard InChI is InChI=1S/C16H20F3N5O3S/c1-4-23(8-10-5-6-11(26-2)12(7-10)27-3)13(25)9-28-15-22-21-14(24(15)20)16(17,18)19/h5-7H,4,8-9,20H2,1-3H3. The molecule has 154 valence electrons. The van der Waals surface area contributed by atoms with Crippen molar-refractivity contribution < 1.29 is 27.4 Å². The smallest absolute Gasteiger partial charge is 0.453 e. The molecule has 1 heterocycles. The molecular formula is C16H20F3N5O3S. The van der Waals surface area contributed by atoms with Gasteiger partial charge in [0.15, 0.2) is 11.5 Å². The van der Waals surface area contributed by atoms with Crippen LogP contribution in [0.5, 0.6) is 11.5 Å². The van der Waals surface area contributed by atoms with Gasteiger partial charge in [-0.3, -0.25) is 4.79 Å². The fraction of sp³-hybridized carbons (Fsp3) is 0.438. The second-order valence-corrected chi connectivity index (χ2v) is 6.50.